The molecule has 2 nitrogen and oxygen atoms in total. The van der Waals surface area contributed by atoms with Crippen LogP contribution in [0, 0.1) is 5.92 Å². The van der Waals surface area contributed by atoms with Crippen molar-refractivity contribution in [1.29, 1.82) is 0 Å². The Labute approximate surface area is 186 Å². The largest absolute Gasteiger partial charge is 0.497 e. The highest BCUT2D eigenvalue weighted by Crippen LogP contribution is 2.47. The van der Waals surface area contributed by atoms with Crippen LogP contribution in [0.15, 0.2) is 72.8 Å². The molecule has 0 bridgehead atoms. The number of methoxy groups -OCH3 is 1. The maximum atomic E-state index is 5.51. The highest BCUT2D eigenvalue weighted by atomic mass is 16.5. The molecule has 31 heavy (non-hydrogen) atoms. The van der Waals surface area contributed by atoms with E-state index in [-0.39, 0.29) is 0 Å². The highest BCUT2D eigenvalue weighted by Gasteiger charge is 2.32. The first-order chi connectivity index (χ1) is 15.3. The maximum absolute atomic E-state index is 5.51. The summed E-state index contributed by atoms with van der Waals surface area (Å²) < 4.78 is 5.51. The van der Waals surface area contributed by atoms with Gasteiger partial charge in [-0.1, -0.05) is 60.7 Å². The zero-order valence-electron chi connectivity index (χ0n) is 18.5. The molecule has 3 aromatic carbocycles. The molecular formula is C29H33NO. The molecule has 2 atom stereocenters. The fourth-order valence-electron chi connectivity index (χ4n) is 5.15. The summed E-state index contributed by atoms with van der Waals surface area (Å²) in [5.74, 6) is 2.80. The molecule has 0 amide bonds. The van der Waals surface area contributed by atoms with E-state index in [2.05, 4.69) is 78.1 Å². The third kappa shape index (κ3) is 4.70. The molecule has 2 aliphatic carbocycles. The zero-order chi connectivity index (χ0) is 21.0. The highest BCUT2D eigenvalue weighted by molar-refractivity contribution is 5.48. The van der Waals surface area contributed by atoms with Gasteiger partial charge in [-0.15, -0.1) is 0 Å². The van der Waals surface area contributed by atoms with Gasteiger partial charge in [-0.25, -0.2) is 0 Å². The minimum Gasteiger partial charge on any atom is -0.497 e. The van der Waals surface area contributed by atoms with E-state index in [0.717, 1.165) is 31.1 Å². The number of rotatable bonds is 8. The van der Waals surface area contributed by atoms with Crippen molar-refractivity contribution >= 4 is 0 Å². The van der Waals surface area contributed by atoms with Crippen LogP contribution in [0.3, 0.4) is 0 Å². The average molecular weight is 412 g/mol. The molecule has 2 aliphatic rings. The Bertz CT molecular complexity index is 991. The minimum absolute atomic E-state index is 0.388. The molecule has 160 valence electrons. The van der Waals surface area contributed by atoms with Gasteiger partial charge in [0.15, 0.2) is 0 Å². The van der Waals surface area contributed by atoms with Crippen molar-refractivity contribution in [2.45, 2.75) is 43.9 Å². The Morgan fingerprint density at radius 3 is 2.42 bits per heavy atom. The predicted octanol–water partition coefficient (Wildman–Crippen LogP) is 6.10. The van der Waals surface area contributed by atoms with Crippen molar-refractivity contribution in [2.75, 3.05) is 20.2 Å². The second kappa shape index (κ2) is 9.28. The lowest BCUT2D eigenvalue weighted by atomic mass is 9.69. The topological polar surface area (TPSA) is 21.3 Å². The molecule has 0 aromatic heterocycles. The first kappa shape index (κ1) is 20.3. The third-order valence-electron chi connectivity index (χ3n) is 7.10. The normalized spacial score (nSPS) is 20.3. The van der Waals surface area contributed by atoms with Crippen molar-refractivity contribution in [1.82, 2.24) is 5.32 Å². The van der Waals surface area contributed by atoms with Crippen LogP contribution in [0.1, 0.15) is 58.9 Å². The van der Waals surface area contributed by atoms with E-state index >= 15 is 0 Å². The number of aryl methyl sites for hydroxylation is 1. The lowest BCUT2D eigenvalue weighted by molar-refractivity contribution is 0.412. The van der Waals surface area contributed by atoms with Gasteiger partial charge in [-0.3, -0.25) is 0 Å². The zero-order valence-corrected chi connectivity index (χ0v) is 18.5. The van der Waals surface area contributed by atoms with E-state index in [4.69, 9.17) is 4.74 Å². The summed E-state index contributed by atoms with van der Waals surface area (Å²) in [6.45, 7) is 2.27. The number of ether oxygens (including phenoxy) is 1. The maximum Gasteiger partial charge on any atom is 0.119 e. The molecule has 5 rings (SSSR count). The molecule has 0 radical (unpaired) electrons. The van der Waals surface area contributed by atoms with Crippen LogP contribution in [0.4, 0.5) is 0 Å². The van der Waals surface area contributed by atoms with Crippen molar-refractivity contribution in [2.24, 2.45) is 5.92 Å². The number of nitrogens with one attached hydrogen (secondary N) is 1. The van der Waals surface area contributed by atoms with Crippen molar-refractivity contribution in [3.63, 3.8) is 0 Å². The first-order valence-electron chi connectivity index (χ1n) is 11.8. The van der Waals surface area contributed by atoms with Crippen LogP contribution < -0.4 is 10.1 Å². The summed E-state index contributed by atoms with van der Waals surface area (Å²) in [4.78, 5) is 0. The van der Waals surface area contributed by atoms with E-state index < -0.39 is 0 Å². The van der Waals surface area contributed by atoms with E-state index in [0.29, 0.717) is 11.8 Å². The van der Waals surface area contributed by atoms with Crippen molar-refractivity contribution in [3.8, 4) is 5.75 Å². The van der Waals surface area contributed by atoms with Crippen LogP contribution >= 0.6 is 0 Å². The van der Waals surface area contributed by atoms with E-state index in [1.54, 1.807) is 7.11 Å². The fourth-order valence-corrected chi connectivity index (χ4v) is 5.15. The minimum atomic E-state index is 0.388. The van der Waals surface area contributed by atoms with Gasteiger partial charge in [-0.05, 0) is 97.0 Å². The van der Waals surface area contributed by atoms with Gasteiger partial charge in [0.05, 0.1) is 7.11 Å². The average Bonchev–Trinajstić information content (AvgIpc) is 3.66. The van der Waals surface area contributed by atoms with Crippen LogP contribution in [0.2, 0.25) is 0 Å². The van der Waals surface area contributed by atoms with Gasteiger partial charge in [0, 0.05) is 5.92 Å². The lowest BCUT2D eigenvalue weighted by Crippen LogP contribution is -2.21. The van der Waals surface area contributed by atoms with Crippen LogP contribution in [0.25, 0.3) is 0 Å². The molecule has 1 saturated carbocycles. The van der Waals surface area contributed by atoms with E-state index in [1.807, 2.05) is 0 Å². The molecule has 0 saturated heterocycles. The van der Waals surface area contributed by atoms with Crippen LogP contribution in [-0.2, 0) is 12.8 Å². The summed E-state index contributed by atoms with van der Waals surface area (Å²) in [5.41, 5.74) is 7.19. The van der Waals surface area contributed by atoms with Gasteiger partial charge in [0.25, 0.3) is 0 Å². The van der Waals surface area contributed by atoms with Gasteiger partial charge in [-0.2, -0.15) is 0 Å². The number of hydrogen-bond donors (Lipinski definition) is 1. The SMILES string of the molecule is COc1ccc2c(c1)CC[C@H](c1ccccc1)[C@@H]2c1ccc(CCNCC2CC2)cc1. The molecular weight excluding hydrogens is 378 g/mol. The molecule has 2 heteroatoms. The lowest BCUT2D eigenvalue weighted by Gasteiger charge is -2.35. The predicted molar refractivity (Wildman–Crippen MR) is 128 cm³/mol. The second-order valence-electron chi connectivity index (χ2n) is 9.24. The Morgan fingerprint density at radius 2 is 1.68 bits per heavy atom. The van der Waals surface area contributed by atoms with Crippen molar-refractivity contribution < 1.29 is 4.74 Å². The third-order valence-corrected chi connectivity index (χ3v) is 7.10. The van der Waals surface area contributed by atoms with Gasteiger partial charge < -0.3 is 10.1 Å². The number of benzene rings is 3. The summed E-state index contributed by atoms with van der Waals surface area (Å²) in [6.07, 6.45) is 6.21. The standard InChI is InChI=1S/C29H33NO/c1-31-26-14-16-28-25(19-26)13-15-27(23-5-3-2-4-6-23)29(28)24-11-9-21(10-12-24)17-18-30-20-22-7-8-22/h2-6,9-12,14,16,19,22,27,29-30H,7-8,13,15,17-18,20H2,1H3/t27-,29+/m1/s1. The Balaban J connectivity index is 1.40. The van der Waals surface area contributed by atoms with Gasteiger partial charge in [0.2, 0.25) is 0 Å². The Kier molecular flexibility index (Phi) is 6.08. The van der Waals surface area contributed by atoms with Crippen molar-refractivity contribution in [3.05, 3.63) is 101 Å². The Morgan fingerprint density at radius 1 is 0.871 bits per heavy atom. The van der Waals surface area contributed by atoms with Crippen LogP contribution in [-0.4, -0.2) is 20.2 Å². The number of fused-ring (bicyclic) bond motifs is 1. The van der Waals surface area contributed by atoms with Gasteiger partial charge in [0.1, 0.15) is 5.75 Å². The fraction of sp³-hybridized carbons (Fsp3) is 0.379. The summed E-state index contributed by atoms with van der Waals surface area (Å²) in [5, 5.41) is 3.61. The molecule has 1 fully saturated rings. The second-order valence-corrected chi connectivity index (χ2v) is 9.24. The molecule has 0 spiro atoms. The van der Waals surface area contributed by atoms with E-state index in [9.17, 15) is 0 Å². The quantitative estimate of drug-likeness (QED) is 0.452. The molecule has 1 N–H and O–H groups in total. The molecule has 0 aliphatic heterocycles. The van der Waals surface area contributed by atoms with E-state index in [1.165, 1.54) is 53.6 Å². The molecule has 3 aromatic rings. The van der Waals surface area contributed by atoms with Crippen LogP contribution in [0.5, 0.6) is 5.75 Å². The summed E-state index contributed by atoms with van der Waals surface area (Å²) in [6, 6.07) is 27.1. The first-order valence-corrected chi connectivity index (χ1v) is 11.8. The van der Waals surface area contributed by atoms with Gasteiger partial charge >= 0.3 is 0 Å². The smallest absolute Gasteiger partial charge is 0.119 e. The molecule has 0 heterocycles. The summed E-state index contributed by atoms with van der Waals surface area (Å²) in [7, 11) is 1.76. The molecule has 0 unspecified atom stereocenters. The Hall–Kier alpha value is -2.58. The monoisotopic (exact) mass is 411 g/mol. The number of hydrogen-bond acceptors (Lipinski definition) is 2. The summed E-state index contributed by atoms with van der Waals surface area (Å²) >= 11 is 0.